The number of carbonyl (C=O) groups is 1. The first-order valence-corrected chi connectivity index (χ1v) is 6.91. The molecule has 0 aliphatic heterocycles. The summed E-state index contributed by atoms with van der Waals surface area (Å²) < 4.78 is 0. The highest BCUT2D eigenvalue weighted by Gasteiger charge is 2.29. The minimum absolute atomic E-state index is 0. The van der Waals surface area contributed by atoms with E-state index in [-0.39, 0.29) is 42.4 Å². The molecular formula is C13H25ClN2O2. The number of hydrogen-bond acceptors (Lipinski definition) is 3. The summed E-state index contributed by atoms with van der Waals surface area (Å²) in [5.41, 5.74) is 5.89. The number of nitrogens with two attached hydrogens (primary N) is 1. The summed E-state index contributed by atoms with van der Waals surface area (Å²) in [6, 6.07) is 0.144. The molecule has 4 atom stereocenters. The Kier molecular flexibility index (Phi) is 6.39. The molecule has 0 aromatic heterocycles. The Morgan fingerprint density at radius 1 is 1.11 bits per heavy atom. The predicted molar refractivity (Wildman–Crippen MR) is 73.6 cm³/mol. The van der Waals surface area contributed by atoms with Gasteiger partial charge in [-0.25, -0.2) is 0 Å². The van der Waals surface area contributed by atoms with E-state index in [0.29, 0.717) is 0 Å². The van der Waals surface area contributed by atoms with Crippen LogP contribution in [-0.4, -0.2) is 29.2 Å². The van der Waals surface area contributed by atoms with Crippen molar-refractivity contribution in [3.05, 3.63) is 0 Å². The number of halogens is 1. The van der Waals surface area contributed by atoms with Gasteiger partial charge < -0.3 is 16.2 Å². The molecule has 1 amide bonds. The molecule has 2 rings (SSSR count). The van der Waals surface area contributed by atoms with Crippen LogP contribution in [0.1, 0.15) is 51.4 Å². The lowest BCUT2D eigenvalue weighted by molar-refractivity contribution is -0.128. The molecule has 2 aliphatic rings. The summed E-state index contributed by atoms with van der Waals surface area (Å²) in [5, 5.41) is 12.8. The van der Waals surface area contributed by atoms with Crippen molar-refractivity contribution in [1.82, 2.24) is 5.32 Å². The van der Waals surface area contributed by atoms with Crippen LogP contribution in [0.2, 0.25) is 0 Å². The van der Waals surface area contributed by atoms with Crippen molar-refractivity contribution in [3.63, 3.8) is 0 Å². The zero-order chi connectivity index (χ0) is 12.3. The van der Waals surface area contributed by atoms with E-state index in [1.54, 1.807) is 0 Å². The van der Waals surface area contributed by atoms with Gasteiger partial charge in [0.25, 0.3) is 0 Å². The number of rotatable bonds is 2. The van der Waals surface area contributed by atoms with E-state index in [2.05, 4.69) is 5.32 Å². The van der Waals surface area contributed by atoms with Gasteiger partial charge in [-0.05, 0) is 32.1 Å². The lowest BCUT2D eigenvalue weighted by Gasteiger charge is -2.31. The van der Waals surface area contributed by atoms with E-state index in [1.165, 1.54) is 0 Å². The standard InChI is InChI=1S/C13H24N2O2.ClH/c14-10-5-3-4-9(8-10)13(17)15-11-6-1-2-7-12(11)16;/h9-12,16H,1-8,14H2,(H,15,17);1H/t9?,10?,11-,12-;/m1./s1. The van der Waals surface area contributed by atoms with Crippen molar-refractivity contribution in [1.29, 1.82) is 0 Å². The van der Waals surface area contributed by atoms with E-state index in [0.717, 1.165) is 51.4 Å². The zero-order valence-electron chi connectivity index (χ0n) is 10.8. The summed E-state index contributed by atoms with van der Waals surface area (Å²) in [4.78, 5) is 12.1. The number of carbonyl (C=O) groups excluding carboxylic acids is 1. The molecular weight excluding hydrogens is 252 g/mol. The first-order chi connectivity index (χ1) is 8.16. The molecule has 0 heterocycles. The Morgan fingerprint density at radius 3 is 2.50 bits per heavy atom. The van der Waals surface area contributed by atoms with Gasteiger partial charge >= 0.3 is 0 Å². The average Bonchev–Trinajstić information content (AvgIpc) is 2.32. The highest BCUT2D eigenvalue weighted by atomic mass is 35.5. The van der Waals surface area contributed by atoms with Gasteiger partial charge in [-0.3, -0.25) is 4.79 Å². The molecule has 0 radical (unpaired) electrons. The maximum absolute atomic E-state index is 12.1. The highest BCUT2D eigenvalue weighted by molar-refractivity contribution is 5.85. The largest absolute Gasteiger partial charge is 0.391 e. The molecule has 2 unspecified atom stereocenters. The molecule has 2 saturated carbocycles. The highest BCUT2D eigenvalue weighted by Crippen LogP contribution is 2.24. The van der Waals surface area contributed by atoms with Crippen LogP contribution in [0.3, 0.4) is 0 Å². The average molecular weight is 277 g/mol. The second-order valence-corrected chi connectivity index (χ2v) is 5.59. The van der Waals surface area contributed by atoms with E-state index < -0.39 is 0 Å². The summed E-state index contributed by atoms with van der Waals surface area (Å²) >= 11 is 0. The van der Waals surface area contributed by atoms with Crippen molar-refractivity contribution < 1.29 is 9.90 Å². The van der Waals surface area contributed by atoms with Crippen LogP contribution in [0.5, 0.6) is 0 Å². The number of amides is 1. The fourth-order valence-corrected chi connectivity index (χ4v) is 3.05. The minimum atomic E-state index is -0.357. The Balaban J connectivity index is 0.00000162. The number of aliphatic hydroxyl groups excluding tert-OH is 1. The van der Waals surface area contributed by atoms with Gasteiger partial charge in [-0.2, -0.15) is 0 Å². The third-order valence-corrected chi connectivity index (χ3v) is 4.14. The normalized spacial score (nSPS) is 36.6. The molecule has 0 aromatic rings. The number of nitrogens with one attached hydrogen (secondary N) is 1. The topological polar surface area (TPSA) is 75.4 Å². The summed E-state index contributed by atoms with van der Waals surface area (Å²) in [6.45, 7) is 0. The molecule has 4 N–H and O–H groups in total. The molecule has 106 valence electrons. The van der Waals surface area contributed by atoms with Crippen molar-refractivity contribution in [3.8, 4) is 0 Å². The lowest BCUT2D eigenvalue weighted by atomic mass is 9.85. The Bertz CT molecular complexity index is 276. The number of hydrogen-bond donors (Lipinski definition) is 3. The van der Waals surface area contributed by atoms with Gasteiger partial charge in [0.2, 0.25) is 5.91 Å². The Hall–Kier alpha value is -0.320. The van der Waals surface area contributed by atoms with Gasteiger partial charge in [0, 0.05) is 12.0 Å². The van der Waals surface area contributed by atoms with Crippen LogP contribution < -0.4 is 11.1 Å². The van der Waals surface area contributed by atoms with E-state index in [4.69, 9.17) is 5.73 Å². The summed E-state index contributed by atoms with van der Waals surface area (Å²) in [5.74, 6) is 0.166. The fourth-order valence-electron chi connectivity index (χ4n) is 3.05. The Labute approximate surface area is 115 Å². The molecule has 2 fully saturated rings. The third-order valence-electron chi connectivity index (χ3n) is 4.14. The van der Waals surface area contributed by atoms with Crippen molar-refractivity contribution in [2.24, 2.45) is 11.7 Å². The molecule has 0 spiro atoms. The molecule has 5 heteroatoms. The predicted octanol–water partition coefficient (Wildman–Crippen LogP) is 1.35. The second-order valence-electron chi connectivity index (χ2n) is 5.59. The molecule has 0 bridgehead atoms. The third kappa shape index (κ3) is 4.11. The Morgan fingerprint density at radius 2 is 1.83 bits per heavy atom. The van der Waals surface area contributed by atoms with Gasteiger partial charge in [-0.1, -0.05) is 19.3 Å². The maximum Gasteiger partial charge on any atom is 0.223 e. The molecule has 0 aromatic carbocycles. The minimum Gasteiger partial charge on any atom is -0.391 e. The van der Waals surface area contributed by atoms with E-state index in [9.17, 15) is 9.90 Å². The van der Waals surface area contributed by atoms with Gasteiger partial charge in [0.15, 0.2) is 0 Å². The van der Waals surface area contributed by atoms with Crippen molar-refractivity contribution >= 4 is 18.3 Å². The van der Waals surface area contributed by atoms with Gasteiger partial charge in [0.05, 0.1) is 12.1 Å². The van der Waals surface area contributed by atoms with Crippen LogP contribution in [-0.2, 0) is 4.79 Å². The lowest BCUT2D eigenvalue weighted by Crippen LogP contribution is -2.48. The summed E-state index contributed by atoms with van der Waals surface area (Å²) in [6.07, 6.45) is 7.37. The molecule has 4 nitrogen and oxygen atoms in total. The van der Waals surface area contributed by atoms with Crippen LogP contribution in [0.25, 0.3) is 0 Å². The second kappa shape index (κ2) is 7.31. The van der Waals surface area contributed by atoms with Crippen LogP contribution in [0.15, 0.2) is 0 Å². The van der Waals surface area contributed by atoms with Gasteiger partial charge in [-0.15, -0.1) is 12.4 Å². The molecule has 0 saturated heterocycles. The van der Waals surface area contributed by atoms with Crippen LogP contribution >= 0.6 is 12.4 Å². The first-order valence-electron chi connectivity index (χ1n) is 6.91. The fraction of sp³-hybridized carbons (Fsp3) is 0.923. The van der Waals surface area contributed by atoms with E-state index in [1.807, 2.05) is 0 Å². The number of aliphatic hydroxyl groups is 1. The molecule has 2 aliphatic carbocycles. The zero-order valence-corrected chi connectivity index (χ0v) is 11.6. The van der Waals surface area contributed by atoms with Crippen molar-refractivity contribution in [2.45, 2.75) is 69.6 Å². The van der Waals surface area contributed by atoms with Crippen molar-refractivity contribution in [2.75, 3.05) is 0 Å². The first kappa shape index (κ1) is 15.7. The summed E-state index contributed by atoms with van der Waals surface area (Å²) in [7, 11) is 0. The smallest absolute Gasteiger partial charge is 0.223 e. The monoisotopic (exact) mass is 276 g/mol. The van der Waals surface area contributed by atoms with Crippen LogP contribution in [0.4, 0.5) is 0 Å². The SMILES string of the molecule is Cl.NC1CCCC(C(=O)N[C@@H]2CCCC[C@H]2O)C1. The maximum atomic E-state index is 12.1. The quantitative estimate of drug-likeness (QED) is 0.713. The molecule has 18 heavy (non-hydrogen) atoms. The van der Waals surface area contributed by atoms with Gasteiger partial charge in [0.1, 0.15) is 0 Å². The van der Waals surface area contributed by atoms with E-state index >= 15 is 0 Å². The van der Waals surface area contributed by atoms with Crippen LogP contribution in [0, 0.1) is 5.92 Å².